The monoisotopic (exact) mass is 253 g/mol. The Bertz CT molecular complexity index is 146. The molecular formula is C14H32NNaO. The number of rotatable bonds is 11. The quantitative estimate of drug-likeness (QED) is 0.237. The molecule has 0 aromatic heterocycles. The van der Waals surface area contributed by atoms with E-state index < -0.39 is 0 Å². The zero-order chi connectivity index (χ0) is 12.3. The maximum absolute atomic E-state index is 11.3. The summed E-state index contributed by atoms with van der Waals surface area (Å²) in [5.74, 6) is 0. The van der Waals surface area contributed by atoms with Crippen molar-refractivity contribution in [1.82, 2.24) is 0 Å². The molecule has 0 amide bonds. The van der Waals surface area contributed by atoms with Crippen molar-refractivity contribution in [2.24, 2.45) is 0 Å². The van der Waals surface area contributed by atoms with Crippen LogP contribution in [0.3, 0.4) is 0 Å². The van der Waals surface area contributed by atoms with Gasteiger partial charge in [0.15, 0.2) is 0 Å². The molecule has 0 atom stereocenters. The Morgan fingerprint density at radius 1 is 0.706 bits per heavy atom. The van der Waals surface area contributed by atoms with Crippen LogP contribution in [-0.2, 0) is 0 Å². The average Bonchev–Trinajstić information content (AvgIpc) is 2.19. The van der Waals surface area contributed by atoms with Crippen LogP contribution in [0.5, 0.6) is 0 Å². The normalized spacial score (nSPS) is 11.3. The van der Waals surface area contributed by atoms with E-state index in [0.29, 0.717) is 0 Å². The summed E-state index contributed by atoms with van der Waals surface area (Å²) in [4.78, 5) is 0. The van der Waals surface area contributed by atoms with Gasteiger partial charge in [0, 0.05) is 0 Å². The molecule has 0 saturated heterocycles. The molecule has 0 bridgehead atoms. The third-order valence-corrected chi connectivity index (χ3v) is 3.05. The second kappa shape index (κ2) is 13.4. The molecule has 0 aliphatic rings. The van der Waals surface area contributed by atoms with Gasteiger partial charge in [-0.15, -0.1) is 0 Å². The number of quaternary nitrogens is 1. The van der Waals surface area contributed by atoms with Crippen molar-refractivity contribution in [3.63, 3.8) is 0 Å². The van der Waals surface area contributed by atoms with Gasteiger partial charge in [0.1, 0.15) is 0 Å². The molecule has 100 valence electrons. The first kappa shape index (κ1) is 20.2. The van der Waals surface area contributed by atoms with Crippen LogP contribution in [0.4, 0.5) is 0 Å². The molecule has 0 aromatic carbocycles. The molecule has 0 saturated carbocycles. The zero-order valence-corrected chi connectivity index (χ0v) is 11.6. The number of hydrogen-bond acceptors (Lipinski definition) is 1. The molecule has 2 nitrogen and oxygen atoms in total. The Morgan fingerprint density at radius 2 is 1.06 bits per heavy atom. The molecule has 3 heteroatoms. The Balaban J connectivity index is 0. The van der Waals surface area contributed by atoms with Gasteiger partial charge in [-0.2, -0.15) is 0 Å². The van der Waals surface area contributed by atoms with Crippen molar-refractivity contribution in [2.75, 3.05) is 20.6 Å². The van der Waals surface area contributed by atoms with Crippen LogP contribution in [0.25, 0.3) is 0 Å². The van der Waals surface area contributed by atoms with Crippen molar-refractivity contribution in [1.29, 1.82) is 0 Å². The summed E-state index contributed by atoms with van der Waals surface area (Å²) in [5, 5.41) is 11.3. The van der Waals surface area contributed by atoms with Gasteiger partial charge >= 0.3 is 29.6 Å². The van der Waals surface area contributed by atoms with Crippen LogP contribution in [0.1, 0.15) is 71.1 Å². The Kier molecular flexibility index (Phi) is 15.9. The van der Waals surface area contributed by atoms with Gasteiger partial charge in [0.05, 0.1) is 20.6 Å². The minimum absolute atomic E-state index is 0. The van der Waals surface area contributed by atoms with Gasteiger partial charge in [0.2, 0.25) is 0 Å². The second-order valence-electron chi connectivity index (χ2n) is 5.48. The summed E-state index contributed by atoms with van der Waals surface area (Å²) in [6.45, 7) is 3.03. The molecule has 0 heterocycles. The second-order valence-corrected chi connectivity index (χ2v) is 5.48. The predicted octanol–water partition coefficient (Wildman–Crippen LogP) is 3.83. The van der Waals surface area contributed by atoms with Gasteiger partial charge in [-0.25, -0.2) is 0 Å². The first-order valence-electron chi connectivity index (χ1n) is 7.10. The van der Waals surface area contributed by atoms with E-state index in [2.05, 4.69) is 6.92 Å². The third kappa shape index (κ3) is 19.4. The van der Waals surface area contributed by atoms with Crippen LogP contribution in [-0.4, -0.2) is 54.8 Å². The fraction of sp³-hybridized carbons (Fsp3) is 1.00. The van der Waals surface area contributed by atoms with E-state index in [4.69, 9.17) is 0 Å². The van der Waals surface area contributed by atoms with E-state index >= 15 is 0 Å². The van der Waals surface area contributed by atoms with Crippen LogP contribution in [0.15, 0.2) is 0 Å². The van der Waals surface area contributed by atoms with E-state index in [1.54, 1.807) is 14.1 Å². The van der Waals surface area contributed by atoms with E-state index in [1.807, 2.05) is 0 Å². The molecule has 0 rings (SSSR count). The summed E-state index contributed by atoms with van der Waals surface area (Å²) in [7, 11) is 3.46. The first-order chi connectivity index (χ1) is 7.56. The van der Waals surface area contributed by atoms with E-state index in [1.165, 1.54) is 57.8 Å². The van der Waals surface area contributed by atoms with E-state index in [0.717, 1.165) is 13.0 Å². The average molecular weight is 253 g/mol. The molecule has 0 N–H and O–H groups in total. The molecule has 0 aromatic rings. The Labute approximate surface area is 131 Å². The van der Waals surface area contributed by atoms with Gasteiger partial charge in [-0.05, 0) is 12.8 Å². The zero-order valence-electron chi connectivity index (χ0n) is 11.6. The molecule has 0 aliphatic heterocycles. The number of hydroxylamine groups is 3. The summed E-state index contributed by atoms with van der Waals surface area (Å²) < 4.78 is -0.128. The summed E-state index contributed by atoms with van der Waals surface area (Å²) in [5.41, 5.74) is 0. The van der Waals surface area contributed by atoms with E-state index in [9.17, 15) is 5.21 Å². The van der Waals surface area contributed by atoms with Gasteiger partial charge in [-0.3, -0.25) is 0 Å². The topological polar surface area (TPSA) is 23.1 Å². The third-order valence-electron chi connectivity index (χ3n) is 3.05. The first-order valence-corrected chi connectivity index (χ1v) is 7.10. The van der Waals surface area contributed by atoms with Gasteiger partial charge < -0.3 is 9.85 Å². The fourth-order valence-electron chi connectivity index (χ4n) is 1.98. The summed E-state index contributed by atoms with van der Waals surface area (Å²) in [6, 6.07) is 0. The number of hydrogen-bond donors (Lipinski definition) is 0. The molecular weight excluding hydrogens is 221 g/mol. The summed E-state index contributed by atoms with van der Waals surface area (Å²) in [6.07, 6.45) is 13.4. The van der Waals surface area contributed by atoms with Gasteiger partial charge in [-0.1, -0.05) is 58.3 Å². The van der Waals surface area contributed by atoms with Crippen molar-refractivity contribution in [3.8, 4) is 0 Å². The molecule has 0 spiro atoms. The number of unbranched alkanes of at least 4 members (excludes halogenated alkanes) is 9. The number of nitrogens with zero attached hydrogens (tertiary/aromatic N) is 1. The van der Waals surface area contributed by atoms with Crippen molar-refractivity contribution >= 4 is 29.6 Å². The van der Waals surface area contributed by atoms with E-state index in [-0.39, 0.29) is 34.2 Å². The van der Waals surface area contributed by atoms with Crippen molar-refractivity contribution in [3.05, 3.63) is 5.21 Å². The van der Waals surface area contributed by atoms with Crippen LogP contribution in [0.2, 0.25) is 0 Å². The summed E-state index contributed by atoms with van der Waals surface area (Å²) >= 11 is 0. The molecule has 0 aliphatic carbocycles. The Hall–Kier alpha value is 0.920. The molecule has 0 unspecified atom stereocenters. The molecule has 0 fully saturated rings. The van der Waals surface area contributed by atoms with Crippen molar-refractivity contribution in [2.45, 2.75) is 71.1 Å². The van der Waals surface area contributed by atoms with Crippen LogP contribution in [0, 0.1) is 5.21 Å². The van der Waals surface area contributed by atoms with Crippen LogP contribution >= 0.6 is 0 Å². The fourth-order valence-corrected chi connectivity index (χ4v) is 1.98. The predicted molar refractivity (Wildman–Crippen MR) is 79.3 cm³/mol. The minimum atomic E-state index is -0.128. The maximum atomic E-state index is 11.3. The standard InChI is InChI=1S/C14H31NO.Na.H/c1-4-5-6-7-8-9-10-11-12-13-14-15(2,3)16;;/h4-14H2,1-3H3;;. The molecule has 0 radical (unpaired) electrons. The Morgan fingerprint density at radius 3 is 1.41 bits per heavy atom. The van der Waals surface area contributed by atoms with Gasteiger partial charge in [0.25, 0.3) is 0 Å². The molecule has 17 heavy (non-hydrogen) atoms. The van der Waals surface area contributed by atoms with Crippen molar-refractivity contribution < 1.29 is 4.65 Å². The SMILES string of the molecule is CCCCCCCCCCCC[N+](C)(C)[O-].[NaH]. The van der Waals surface area contributed by atoms with Crippen LogP contribution < -0.4 is 0 Å².